The van der Waals surface area contributed by atoms with E-state index in [0.717, 1.165) is 4.48 Å². The first kappa shape index (κ1) is 24.3. The summed E-state index contributed by atoms with van der Waals surface area (Å²) >= 11 is 0. The van der Waals surface area contributed by atoms with Crippen LogP contribution in [-0.4, -0.2) is 27.3 Å². The quantitative estimate of drug-likeness (QED) is 0.260. The fraction of sp³-hybridized carbons (Fsp3) is 0.0909. The number of para-hydroxylation sites is 1. The Morgan fingerprint density at radius 1 is 0.343 bits per heavy atom. The molecule has 0 unspecified atom stereocenters. The highest BCUT2D eigenvalue weighted by Crippen LogP contribution is 2.14. The Hall–Kier alpha value is -3.88. The molecule has 5 aromatic carbocycles. The molecule has 0 radical (unpaired) electrons. The van der Waals surface area contributed by atoms with Crippen LogP contribution in [0.2, 0.25) is 0 Å². The minimum Gasteiger partial charge on any atom is -0.298 e. The third-order valence-electron chi connectivity index (χ3n) is 6.73. The Bertz CT molecular complexity index is 1120. The van der Waals surface area contributed by atoms with Gasteiger partial charge in [-0.05, 0) is 12.1 Å². The number of benzene rings is 5. The van der Waals surface area contributed by atoms with Gasteiger partial charge in [-0.1, -0.05) is 140 Å². The van der Waals surface area contributed by atoms with Crippen molar-refractivity contribution < 1.29 is 0 Å². The Balaban J connectivity index is 0.000000243. The number of hydrogen-bond donors (Lipinski definition) is 0. The van der Waals surface area contributed by atoms with Crippen LogP contribution >= 0.6 is 0 Å². The van der Waals surface area contributed by atoms with Crippen LogP contribution in [0, 0.1) is 0 Å². The van der Waals surface area contributed by atoms with Crippen molar-refractivity contribution in [3.63, 3.8) is 0 Å². The predicted molar refractivity (Wildman–Crippen MR) is 156 cm³/mol. The second kappa shape index (κ2) is 11.0. The maximum absolute atomic E-state index is 2.26. The van der Waals surface area contributed by atoms with Crippen molar-refractivity contribution in [2.75, 3.05) is 21.1 Å². The Kier molecular flexibility index (Phi) is 7.65. The molecular formula is C33H34BN. The third-order valence-corrected chi connectivity index (χ3v) is 6.73. The van der Waals surface area contributed by atoms with Gasteiger partial charge in [-0.2, -0.15) is 21.9 Å². The van der Waals surface area contributed by atoms with Crippen molar-refractivity contribution in [1.29, 1.82) is 0 Å². The molecule has 0 saturated heterocycles. The zero-order valence-corrected chi connectivity index (χ0v) is 21.0. The van der Waals surface area contributed by atoms with Crippen LogP contribution in [0.1, 0.15) is 0 Å². The smallest absolute Gasteiger partial charge is 0.132 e. The van der Waals surface area contributed by atoms with Gasteiger partial charge in [0.05, 0.1) is 21.1 Å². The molecule has 0 bridgehead atoms. The first-order valence-corrected chi connectivity index (χ1v) is 12.3. The topological polar surface area (TPSA) is 0 Å². The van der Waals surface area contributed by atoms with Crippen LogP contribution in [-0.2, 0) is 0 Å². The van der Waals surface area contributed by atoms with Gasteiger partial charge in [0.1, 0.15) is 11.8 Å². The summed E-state index contributed by atoms with van der Waals surface area (Å²) in [6, 6.07) is 54.0. The van der Waals surface area contributed by atoms with Crippen LogP contribution in [0.3, 0.4) is 0 Å². The predicted octanol–water partition coefficient (Wildman–Crippen LogP) is 4.95. The van der Waals surface area contributed by atoms with Gasteiger partial charge in [-0.15, -0.1) is 0 Å². The maximum atomic E-state index is 2.26. The van der Waals surface area contributed by atoms with Crippen LogP contribution in [0.15, 0.2) is 152 Å². The second-order valence-electron chi connectivity index (χ2n) is 9.86. The van der Waals surface area contributed by atoms with Gasteiger partial charge in [-0.3, -0.25) is 4.48 Å². The molecule has 0 aliphatic heterocycles. The number of rotatable bonds is 5. The van der Waals surface area contributed by atoms with E-state index >= 15 is 0 Å². The van der Waals surface area contributed by atoms with Crippen LogP contribution in [0.5, 0.6) is 0 Å². The minimum atomic E-state index is -1.22. The molecule has 0 aliphatic rings. The zero-order chi connectivity index (χ0) is 24.6. The summed E-state index contributed by atoms with van der Waals surface area (Å²) in [5, 5.41) is 0. The fourth-order valence-electron chi connectivity index (χ4n) is 5.00. The minimum absolute atomic E-state index is 0.890. The molecule has 0 amide bonds. The molecule has 0 aliphatic carbocycles. The number of quaternary nitrogens is 1. The lowest BCUT2D eigenvalue weighted by Crippen LogP contribution is -2.74. The molecule has 0 spiro atoms. The molecule has 2 heteroatoms. The Labute approximate surface area is 210 Å². The highest BCUT2D eigenvalue weighted by atomic mass is 15.3. The largest absolute Gasteiger partial charge is 0.298 e. The molecule has 35 heavy (non-hydrogen) atoms. The summed E-state index contributed by atoms with van der Waals surface area (Å²) in [6.07, 6.45) is -1.22. The van der Waals surface area contributed by atoms with E-state index in [1.165, 1.54) is 27.5 Å². The van der Waals surface area contributed by atoms with E-state index in [1.807, 2.05) is 6.07 Å². The first-order valence-electron chi connectivity index (χ1n) is 12.3. The summed E-state index contributed by atoms with van der Waals surface area (Å²) < 4.78 is 0.890. The normalized spacial score (nSPS) is 11.3. The SMILES string of the molecule is C[N+](C)(C)c1ccccc1.c1ccc([B-](c2ccccc2)(c2ccccc2)c2ccccc2)cc1. The van der Waals surface area contributed by atoms with Crippen molar-refractivity contribution in [2.45, 2.75) is 0 Å². The van der Waals surface area contributed by atoms with Gasteiger partial charge in [0, 0.05) is 0 Å². The van der Waals surface area contributed by atoms with Crippen molar-refractivity contribution in [2.24, 2.45) is 0 Å². The summed E-state index contributed by atoms with van der Waals surface area (Å²) in [5.41, 5.74) is 6.69. The number of hydrogen-bond acceptors (Lipinski definition) is 0. The summed E-state index contributed by atoms with van der Waals surface area (Å²) in [7, 11) is 6.49. The van der Waals surface area contributed by atoms with E-state index in [4.69, 9.17) is 0 Å². The molecule has 0 heterocycles. The van der Waals surface area contributed by atoms with Crippen LogP contribution < -0.4 is 26.3 Å². The molecule has 0 saturated carbocycles. The number of nitrogens with zero attached hydrogens (tertiary/aromatic N) is 1. The third kappa shape index (κ3) is 5.45. The van der Waals surface area contributed by atoms with Gasteiger partial charge in [0.2, 0.25) is 0 Å². The van der Waals surface area contributed by atoms with E-state index in [0.29, 0.717) is 0 Å². The lowest BCUT2D eigenvalue weighted by Gasteiger charge is -2.44. The highest BCUT2D eigenvalue weighted by Gasteiger charge is 2.31. The molecule has 0 N–H and O–H groups in total. The lowest BCUT2D eigenvalue weighted by atomic mass is 9.13. The fourth-order valence-corrected chi connectivity index (χ4v) is 5.00. The highest BCUT2D eigenvalue weighted by molar-refractivity contribution is 7.19. The van der Waals surface area contributed by atoms with Crippen molar-refractivity contribution in [3.05, 3.63) is 152 Å². The molecule has 0 atom stereocenters. The average molecular weight is 455 g/mol. The molecule has 174 valence electrons. The Morgan fingerprint density at radius 3 is 0.771 bits per heavy atom. The molecule has 0 aromatic heterocycles. The standard InChI is InChI=1S/C24H20B.C9H14N/c1-5-13-21(14-6-1)25(22-15-7-2-8-16-22,23-17-9-3-10-18-23)24-19-11-4-12-20-24;1-10(2,3)9-7-5-4-6-8-9/h1-20H;4-8H,1-3H3/q-1;+1. The Morgan fingerprint density at radius 2 is 0.571 bits per heavy atom. The first-order chi connectivity index (χ1) is 17.0. The molecule has 5 rings (SSSR count). The van der Waals surface area contributed by atoms with Crippen LogP contribution in [0.25, 0.3) is 0 Å². The average Bonchev–Trinajstić information content (AvgIpc) is 2.92. The van der Waals surface area contributed by atoms with E-state index in [1.54, 1.807) is 0 Å². The van der Waals surface area contributed by atoms with Crippen molar-refractivity contribution in [3.8, 4) is 0 Å². The lowest BCUT2D eigenvalue weighted by molar-refractivity contribution is 0.486. The monoisotopic (exact) mass is 455 g/mol. The van der Waals surface area contributed by atoms with Crippen LogP contribution in [0.4, 0.5) is 5.69 Å². The summed E-state index contributed by atoms with van der Waals surface area (Å²) in [6.45, 7) is 0. The van der Waals surface area contributed by atoms with Gasteiger partial charge in [0.15, 0.2) is 0 Å². The second-order valence-corrected chi connectivity index (χ2v) is 9.86. The maximum Gasteiger partial charge on any atom is 0.132 e. The van der Waals surface area contributed by atoms with Gasteiger partial charge in [0.25, 0.3) is 0 Å². The summed E-state index contributed by atoms with van der Waals surface area (Å²) in [5.74, 6) is 0. The van der Waals surface area contributed by atoms with E-state index < -0.39 is 6.15 Å². The molecule has 5 aromatic rings. The molecule has 1 nitrogen and oxygen atoms in total. The zero-order valence-electron chi connectivity index (χ0n) is 21.0. The van der Waals surface area contributed by atoms with E-state index in [-0.39, 0.29) is 0 Å². The van der Waals surface area contributed by atoms with Gasteiger partial charge >= 0.3 is 0 Å². The van der Waals surface area contributed by atoms with E-state index in [2.05, 4.69) is 167 Å². The summed E-state index contributed by atoms with van der Waals surface area (Å²) in [4.78, 5) is 0. The van der Waals surface area contributed by atoms with Crippen molar-refractivity contribution >= 4 is 33.7 Å². The molecule has 0 fully saturated rings. The van der Waals surface area contributed by atoms with Gasteiger partial charge < -0.3 is 0 Å². The van der Waals surface area contributed by atoms with E-state index in [9.17, 15) is 0 Å². The molecular weight excluding hydrogens is 421 g/mol. The van der Waals surface area contributed by atoms with Crippen molar-refractivity contribution in [1.82, 2.24) is 4.48 Å². The van der Waals surface area contributed by atoms with Gasteiger partial charge in [-0.25, -0.2) is 0 Å².